The quantitative estimate of drug-likeness (QED) is 0.169. The van der Waals surface area contributed by atoms with E-state index < -0.39 is 0 Å². The first-order valence-corrected chi connectivity index (χ1v) is 14.6. The summed E-state index contributed by atoms with van der Waals surface area (Å²) >= 11 is 14.8. The zero-order valence-corrected chi connectivity index (χ0v) is 23.8. The molecule has 37 heavy (non-hydrogen) atoms. The highest BCUT2D eigenvalue weighted by Gasteiger charge is 2.27. The first-order chi connectivity index (χ1) is 17.9. The minimum atomic E-state index is -0.370. The number of ether oxygens (including phenoxy) is 2. The van der Waals surface area contributed by atoms with Crippen LogP contribution in [0.4, 0.5) is 5.00 Å². The predicted molar refractivity (Wildman–Crippen MR) is 148 cm³/mol. The number of aryl methyl sites for hydroxylation is 2. The summed E-state index contributed by atoms with van der Waals surface area (Å²) in [5, 5.41) is 13.7. The van der Waals surface area contributed by atoms with E-state index in [4.69, 9.17) is 32.7 Å². The van der Waals surface area contributed by atoms with Crippen LogP contribution in [0.5, 0.6) is 5.75 Å². The molecule has 1 N–H and O–H groups in total. The summed E-state index contributed by atoms with van der Waals surface area (Å²) in [7, 11) is 1.87. The Morgan fingerprint density at radius 3 is 2.81 bits per heavy atom. The zero-order valence-electron chi connectivity index (χ0n) is 20.6. The molecule has 1 aromatic carbocycles. The van der Waals surface area contributed by atoms with Crippen molar-refractivity contribution in [3.8, 4) is 5.75 Å². The minimum absolute atomic E-state index is 0.148. The summed E-state index contributed by atoms with van der Waals surface area (Å²) in [4.78, 5) is 26.5. The lowest BCUT2D eigenvalue weighted by Crippen LogP contribution is -2.17. The van der Waals surface area contributed by atoms with Gasteiger partial charge in [0, 0.05) is 23.4 Å². The maximum atomic E-state index is 12.8. The van der Waals surface area contributed by atoms with E-state index >= 15 is 0 Å². The molecule has 0 saturated heterocycles. The van der Waals surface area contributed by atoms with E-state index in [-0.39, 0.29) is 17.6 Å². The smallest absolute Gasteiger partial charge is 0.341 e. The first kappa shape index (κ1) is 27.8. The van der Waals surface area contributed by atoms with Gasteiger partial charge in [-0.15, -0.1) is 21.5 Å². The molecule has 0 spiro atoms. The van der Waals surface area contributed by atoms with Crippen molar-refractivity contribution in [3.05, 3.63) is 50.1 Å². The van der Waals surface area contributed by atoms with E-state index in [1.165, 1.54) is 23.1 Å². The van der Waals surface area contributed by atoms with Gasteiger partial charge in [-0.25, -0.2) is 4.79 Å². The number of benzene rings is 1. The van der Waals surface area contributed by atoms with Gasteiger partial charge in [0.15, 0.2) is 5.16 Å². The number of rotatable bonds is 11. The van der Waals surface area contributed by atoms with Crippen LogP contribution in [0, 0.1) is 0 Å². The second-order valence-electron chi connectivity index (χ2n) is 8.46. The maximum absolute atomic E-state index is 12.8. The van der Waals surface area contributed by atoms with Crippen LogP contribution in [0.2, 0.25) is 10.0 Å². The average Bonchev–Trinajstić information content (AvgIpc) is 3.41. The summed E-state index contributed by atoms with van der Waals surface area (Å²) in [5.41, 5.74) is 1.54. The first-order valence-electron chi connectivity index (χ1n) is 12.1. The van der Waals surface area contributed by atoms with Gasteiger partial charge in [-0.2, -0.15) is 0 Å². The Kier molecular flexibility index (Phi) is 9.75. The molecule has 2 aromatic heterocycles. The number of halogens is 2. The largest absolute Gasteiger partial charge is 0.492 e. The van der Waals surface area contributed by atoms with Crippen LogP contribution in [0.3, 0.4) is 0 Å². The molecule has 8 nitrogen and oxygen atoms in total. The Balaban J connectivity index is 1.29. The topological polar surface area (TPSA) is 95.3 Å². The number of aromatic nitrogens is 3. The van der Waals surface area contributed by atoms with Crippen LogP contribution < -0.4 is 10.1 Å². The van der Waals surface area contributed by atoms with Gasteiger partial charge < -0.3 is 19.4 Å². The fraction of sp³-hybridized carbons (Fsp3) is 0.440. The van der Waals surface area contributed by atoms with Crippen molar-refractivity contribution < 1.29 is 19.1 Å². The van der Waals surface area contributed by atoms with Crippen LogP contribution in [-0.2, 0) is 35.8 Å². The summed E-state index contributed by atoms with van der Waals surface area (Å²) in [6.45, 7) is 2.54. The molecule has 0 radical (unpaired) electrons. The van der Waals surface area contributed by atoms with Gasteiger partial charge in [0.05, 0.1) is 29.6 Å². The number of hydrogen-bond donors (Lipinski definition) is 1. The second kappa shape index (κ2) is 13.0. The molecule has 198 valence electrons. The Bertz CT molecular complexity index is 1280. The van der Waals surface area contributed by atoms with Gasteiger partial charge in [-0.3, -0.25) is 4.79 Å². The third-order valence-corrected chi connectivity index (χ3v) is 8.62. The van der Waals surface area contributed by atoms with E-state index in [2.05, 4.69) is 15.5 Å². The third-order valence-electron chi connectivity index (χ3n) is 5.86. The summed E-state index contributed by atoms with van der Waals surface area (Å²) in [6, 6.07) is 5.12. The molecule has 0 aliphatic heterocycles. The molecule has 0 atom stereocenters. The predicted octanol–water partition coefficient (Wildman–Crippen LogP) is 5.98. The number of carbonyl (C=O) groups excluding carboxylic acids is 2. The van der Waals surface area contributed by atoms with Crippen molar-refractivity contribution >= 4 is 63.2 Å². The second-order valence-corrected chi connectivity index (χ2v) is 11.3. The summed E-state index contributed by atoms with van der Waals surface area (Å²) in [5.74, 6) is 0.958. The lowest BCUT2D eigenvalue weighted by atomic mass is 9.95. The highest BCUT2D eigenvalue weighted by molar-refractivity contribution is 7.99. The van der Waals surface area contributed by atoms with Gasteiger partial charge in [0.1, 0.15) is 16.6 Å². The molecule has 0 bridgehead atoms. The molecular weight excluding hydrogens is 555 g/mol. The van der Waals surface area contributed by atoms with Crippen molar-refractivity contribution in [1.82, 2.24) is 14.8 Å². The normalized spacial score (nSPS) is 12.8. The van der Waals surface area contributed by atoms with Gasteiger partial charge in [-0.1, -0.05) is 35.0 Å². The zero-order chi connectivity index (χ0) is 26.4. The number of carbonyl (C=O) groups is 2. The highest BCUT2D eigenvalue weighted by Crippen LogP contribution is 2.38. The van der Waals surface area contributed by atoms with E-state index in [1.807, 2.05) is 11.6 Å². The van der Waals surface area contributed by atoms with Crippen LogP contribution in [0.25, 0.3) is 0 Å². The molecule has 0 saturated carbocycles. The SMILES string of the molecule is CCOC(=O)c1c(NC(=O)CSc2nnc(CCCOc3ccc(Cl)cc3Cl)n2C)sc2c1CCCC2. The van der Waals surface area contributed by atoms with Gasteiger partial charge in [0.25, 0.3) is 0 Å². The fourth-order valence-corrected chi connectivity index (χ4v) is 6.55. The Labute approximate surface area is 234 Å². The fourth-order valence-electron chi connectivity index (χ4n) is 4.06. The monoisotopic (exact) mass is 582 g/mol. The number of nitrogens with one attached hydrogen (secondary N) is 1. The molecule has 1 amide bonds. The Morgan fingerprint density at radius 2 is 2.03 bits per heavy atom. The van der Waals surface area contributed by atoms with Crippen LogP contribution in [0.15, 0.2) is 23.4 Å². The molecule has 1 aliphatic carbocycles. The van der Waals surface area contributed by atoms with Crippen molar-refractivity contribution in [3.63, 3.8) is 0 Å². The number of anilines is 1. The van der Waals surface area contributed by atoms with Gasteiger partial charge >= 0.3 is 5.97 Å². The standard InChI is InChI=1S/C25H28Cl2N4O4S2/c1-3-34-24(33)22-16-7-4-5-8-19(16)37-23(22)28-21(32)14-36-25-30-29-20(31(25)2)9-6-12-35-18-11-10-15(26)13-17(18)27/h10-11,13H,3-9,12,14H2,1-2H3,(H,28,32). The number of hydrogen-bond acceptors (Lipinski definition) is 8. The number of esters is 1. The summed E-state index contributed by atoms with van der Waals surface area (Å²) in [6.07, 6.45) is 5.27. The Morgan fingerprint density at radius 1 is 1.22 bits per heavy atom. The molecule has 0 fully saturated rings. The van der Waals surface area contributed by atoms with E-state index in [9.17, 15) is 9.59 Å². The maximum Gasteiger partial charge on any atom is 0.341 e. The van der Waals surface area contributed by atoms with Crippen LogP contribution >= 0.6 is 46.3 Å². The van der Waals surface area contributed by atoms with E-state index in [1.54, 1.807) is 25.1 Å². The number of thiophene rings is 1. The number of amides is 1. The van der Waals surface area contributed by atoms with Crippen molar-refractivity contribution in [2.24, 2.45) is 7.05 Å². The Hall–Kier alpha value is -2.27. The molecule has 12 heteroatoms. The van der Waals surface area contributed by atoms with Gasteiger partial charge in [0.2, 0.25) is 5.91 Å². The highest BCUT2D eigenvalue weighted by atomic mass is 35.5. The van der Waals surface area contributed by atoms with Crippen molar-refractivity contribution in [1.29, 1.82) is 0 Å². The van der Waals surface area contributed by atoms with Crippen molar-refractivity contribution in [2.75, 3.05) is 24.3 Å². The molecule has 3 aromatic rings. The van der Waals surface area contributed by atoms with Crippen molar-refractivity contribution in [2.45, 2.75) is 50.6 Å². The van der Waals surface area contributed by atoms with Crippen LogP contribution in [-0.4, -0.2) is 45.6 Å². The molecule has 0 unspecified atom stereocenters. The van der Waals surface area contributed by atoms with Gasteiger partial charge in [-0.05, 0) is 62.8 Å². The molecule has 2 heterocycles. The molecular formula is C25H28Cl2N4O4S2. The van der Waals surface area contributed by atoms with E-state index in [0.717, 1.165) is 48.4 Å². The third kappa shape index (κ3) is 6.98. The molecule has 1 aliphatic rings. The number of thioether (sulfide) groups is 1. The average molecular weight is 584 g/mol. The van der Waals surface area contributed by atoms with E-state index in [0.29, 0.717) is 51.2 Å². The lowest BCUT2D eigenvalue weighted by molar-refractivity contribution is -0.113. The molecule has 4 rings (SSSR count). The van der Waals surface area contributed by atoms with Crippen LogP contribution in [0.1, 0.15) is 52.8 Å². The minimum Gasteiger partial charge on any atom is -0.492 e. The number of fused-ring (bicyclic) bond motifs is 1. The summed E-state index contributed by atoms with van der Waals surface area (Å²) < 4.78 is 12.9. The number of nitrogens with zero attached hydrogens (tertiary/aromatic N) is 3. The lowest BCUT2D eigenvalue weighted by Gasteiger charge is -2.12.